The Morgan fingerprint density at radius 3 is 2.28 bits per heavy atom. The Labute approximate surface area is 149 Å². The van der Waals surface area contributed by atoms with Crippen molar-refractivity contribution in [1.82, 2.24) is 5.32 Å². The number of quaternary nitrogens is 1. The van der Waals surface area contributed by atoms with Gasteiger partial charge in [0.05, 0.1) is 25.7 Å². The lowest BCUT2D eigenvalue weighted by molar-refractivity contribution is -0.940. The van der Waals surface area contributed by atoms with Gasteiger partial charge in [-0.15, -0.1) is 0 Å². The summed E-state index contributed by atoms with van der Waals surface area (Å²) < 4.78 is 5.52. The number of carbonyl (C=O) groups is 1. The van der Waals surface area contributed by atoms with Crippen molar-refractivity contribution < 1.29 is 14.4 Å². The van der Waals surface area contributed by atoms with Crippen LogP contribution in [0.5, 0.6) is 0 Å². The second kappa shape index (κ2) is 8.79. The van der Waals surface area contributed by atoms with Crippen molar-refractivity contribution in [1.29, 1.82) is 0 Å². The standard InChI is InChI=1S/C21H26N2O2/c1-17(22-20(24)16-18-8-4-2-5-9-18)21(19-10-6-3-7-11-19)23-12-14-25-15-13-23/h2-11,17,21H,12-16H2,1H3,(H,22,24)/p+1/t17-,21-/m0/s1. The van der Waals surface area contributed by atoms with Crippen LogP contribution in [0.25, 0.3) is 0 Å². The van der Waals surface area contributed by atoms with Gasteiger partial charge in [-0.1, -0.05) is 60.7 Å². The van der Waals surface area contributed by atoms with Gasteiger partial charge in [0.1, 0.15) is 19.1 Å². The summed E-state index contributed by atoms with van der Waals surface area (Å²) in [6.45, 7) is 5.62. The van der Waals surface area contributed by atoms with Gasteiger partial charge in [0, 0.05) is 5.56 Å². The highest BCUT2D eigenvalue weighted by Crippen LogP contribution is 2.14. The number of ether oxygens (including phenoxy) is 1. The third-order valence-corrected chi connectivity index (χ3v) is 4.83. The molecule has 1 aliphatic heterocycles. The van der Waals surface area contributed by atoms with E-state index >= 15 is 0 Å². The van der Waals surface area contributed by atoms with E-state index in [0.717, 1.165) is 31.9 Å². The maximum Gasteiger partial charge on any atom is 0.224 e. The molecule has 1 amide bonds. The predicted octanol–water partition coefficient (Wildman–Crippen LogP) is 1.39. The first kappa shape index (κ1) is 17.6. The van der Waals surface area contributed by atoms with Crippen molar-refractivity contribution in [3.8, 4) is 0 Å². The van der Waals surface area contributed by atoms with Crippen LogP contribution in [0.2, 0.25) is 0 Å². The molecule has 4 heteroatoms. The summed E-state index contributed by atoms with van der Waals surface area (Å²) in [6.07, 6.45) is 0.422. The second-order valence-electron chi connectivity index (χ2n) is 6.68. The van der Waals surface area contributed by atoms with Gasteiger partial charge in [-0.25, -0.2) is 0 Å². The highest BCUT2D eigenvalue weighted by atomic mass is 16.5. The molecule has 2 atom stereocenters. The van der Waals surface area contributed by atoms with E-state index in [0.29, 0.717) is 6.42 Å². The number of carbonyl (C=O) groups excluding carboxylic acids is 1. The summed E-state index contributed by atoms with van der Waals surface area (Å²) in [5, 5.41) is 3.22. The third kappa shape index (κ3) is 4.91. The van der Waals surface area contributed by atoms with E-state index in [1.807, 2.05) is 36.4 Å². The Morgan fingerprint density at radius 1 is 1.04 bits per heavy atom. The molecule has 0 aliphatic carbocycles. The highest BCUT2D eigenvalue weighted by molar-refractivity contribution is 5.78. The monoisotopic (exact) mass is 339 g/mol. The maximum atomic E-state index is 12.5. The molecule has 2 aromatic carbocycles. The minimum absolute atomic E-state index is 0.0618. The molecular formula is C21H27N2O2+. The first-order valence-electron chi connectivity index (χ1n) is 9.04. The Balaban J connectivity index is 1.70. The van der Waals surface area contributed by atoms with E-state index < -0.39 is 0 Å². The van der Waals surface area contributed by atoms with Gasteiger partial charge in [-0.2, -0.15) is 0 Å². The van der Waals surface area contributed by atoms with Gasteiger partial charge >= 0.3 is 0 Å². The Kier molecular flexibility index (Phi) is 6.20. The second-order valence-corrected chi connectivity index (χ2v) is 6.68. The Bertz CT molecular complexity index is 654. The predicted molar refractivity (Wildman–Crippen MR) is 98.4 cm³/mol. The molecule has 1 saturated heterocycles. The average molecular weight is 339 g/mol. The number of nitrogens with one attached hydrogen (secondary N) is 2. The molecule has 4 nitrogen and oxygen atoms in total. The summed E-state index contributed by atoms with van der Waals surface area (Å²) in [7, 11) is 0. The quantitative estimate of drug-likeness (QED) is 0.835. The van der Waals surface area contributed by atoms with E-state index in [1.54, 1.807) is 0 Å². The van der Waals surface area contributed by atoms with Crippen LogP contribution >= 0.6 is 0 Å². The van der Waals surface area contributed by atoms with Gasteiger partial charge < -0.3 is 15.0 Å². The lowest BCUT2D eigenvalue weighted by atomic mass is 9.97. The molecule has 0 radical (unpaired) electrons. The van der Waals surface area contributed by atoms with E-state index in [1.165, 1.54) is 10.5 Å². The fourth-order valence-electron chi connectivity index (χ4n) is 3.65. The van der Waals surface area contributed by atoms with Crippen molar-refractivity contribution in [2.75, 3.05) is 26.3 Å². The molecule has 1 fully saturated rings. The van der Waals surface area contributed by atoms with Crippen LogP contribution in [0.1, 0.15) is 24.1 Å². The number of rotatable bonds is 6. The van der Waals surface area contributed by atoms with Gasteiger partial charge in [0.15, 0.2) is 0 Å². The number of morpholine rings is 1. The number of hydrogen-bond acceptors (Lipinski definition) is 2. The molecular weight excluding hydrogens is 312 g/mol. The molecule has 0 unspecified atom stereocenters. The van der Waals surface area contributed by atoms with Gasteiger partial charge in [-0.05, 0) is 12.5 Å². The van der Waals surface area contributed by atoms with Crippen LogP contribution in [0.3, 0.4) is 0 Å². The van der Waals surface area contributed by atoms with E-state index in [9.17, 15) is 4.79 Å². The first-order chi connectivity index (χ1) is 12.2. The Morgan fingerprint density at radius 2 is 1.64 bits per heavy atom. The number of hydrogen-bond donors (Lipinski definition) is 2. The van der Waals surface area contributed by atoms with Gasteiger partial charge in [0.25, 0.3) is 0 Å². The van der Waals surface area contributed by atoms with Crippen molar-refractivity contribution in [2.24, 2.45) is 0 Å². The summed E-state index contributed by atoms with van der Waals surface area (Å²) in [6, 6.07) is 20.7. The molecule has 0 saturated carbocycles. The topological polar surface area (TPSA) is 42.8 Å². The van der Waals surface area contributed by atoms with Gasteiger partial charge in [0.2, 0.25) is 5.91 Å². The fraction of sp³-hybridized carbons (Fsp3) is 0.381. The third-order valence-electron chi connectivity index (χ3n) is 4.83. The molecule has 2 N–H and O–H groups in total. The molecule has 0 aromatic heterocycles. The maximum absolute atomic E-state index is 12.5. The minimum atomic E-state index is 0.0618. The van der Waals surface area contributed by atoms with Crippen molar-refractivity contribution in [3.05, 3.63) is 71.8 Å². The van der Waals surface area contributed by atoms with Gasteiger partial charge in [-0.3, -0.25) is 4.79 Å². The molecule has 3 rings (SSSR count). The lowest BCUT2D eigenvalue weighted by Gasteiger charge is -2.35. The molecule has 2 aromatic rings. The zero-order valence-corrected chi connectivity index (χ0v) is 14.8. The Hall–Kier alpha value is -2.17. The van der Waals surface area contributed by atoms with Crippen LogP contribution in [-0.4, -0.2) is 38.3 Å². The summed E-state index contributed by atoms with van der Waals surface area (Å²) in [5.41, 5.74) is 2.31. The zero-order valence-electron chi connectivity index (χ0n) is 14.8. The van der Waals surface area contributed by atoms with Crippen molar-refractivity contribution in [3.63, 3.8) is 0 Å². The van der Waals surface area contributed by atoms with Crippen LogP contribution < -0.4 is 10.2 Å². The summed E-state index contributed by atoms with van der Waals surface area (Å²) >= 11 is 0. The normalized spacial score (nSPS) is 17.6. The molecule has 132 valence electrons. The van der Waals surface area contributed by atoms with E-state index in [4.69, 9.17) is 4.74 Å². The van der Waals surface area contributed by atoms with Crippen LogP contribution in [0, 0.1) is 0 Å². The molecule has 1 heterocycles. The SMILES string of the molecule is C[C@H](NC(=O)Cc1ccccc1)[C@@H](c1ccccc1)[NH+]1CCOCC1. The molecule has 25 heavy (non-hydrogen) atoms. The van der Waals surface area contributed by atoms with E-state index in [-0.39, 0.29) is 18.0 Å². The molecule has 1 aliphatic rings. The van der Waals surface area contributed by atoms with E-state index in [2.05, 4.69) is 36.5 Å². The zero-order chi connectivity index (χ0) is 17.5. The lowest BCUT2D eigenvalue weighted by Crippen LogP contribution is -3.15. The molecule has 0 bridgehead atoms. The number of benzene rings is 2. The average Bonchev–Trinajstić information content (AvgIpc) is 2.64. The summed E-state index contributed by atoms with van der Waals surface area (Å²) in [4.78, 5) is 14.0. The largest absolute Gasteiger partial charge is 0.370 e. The minimum Gasteiger partial charge on any atom is -0.370 e. The molecule has 0 spiro atoms. The summed E-state index contributed by atoms with van der Waals surface area (Å²) in [5.74, 6) is 0.0762. The first-order valence-corrected chi connectivity index (χ1v) is 9.04. The van der Waals surface area contributed by atoms with Crippen LogP contribution in [0.4, 0.5) is 0 Å². The van der Waals surface area contributed by atoms with Crippen molar-refractivity contribution in [2.45, 2.75) is 25.4 Å². The smallest absolute Gasteiger partial charge is 0.224 e. The highest BCUT2D eigenvalue weighted by Gasteiger charge is 2.32. The fourth-order valence-corrected chi connectivity index (χ4v) is 3.65. The number of amides is 1. The van der Waals surface area contributed by atoms with Crippen LogP contribution in [-0.2, 0) is 16.0 Å². The van der Waals surface area contributed by atoms with Crippen molar-refractivity contribution >= 4 is 5.91 Å². The van der Waals surface area contributed by atoms with Crippen LogP contribution in [0.15, 0.2) is 60.7 Å².